The lowest BCUT2D eigenvalue weighted by atomic mass is 10.6. The Bertz CT molecular complexity index is 232. The fourth-order valence-electron chi connectivity index (χ4n) is 0.734. The third-order valence-corrected chi connectivity index (χ3v) is 1.36. The van der Waals surface area contributed by atoms with Gasteiger partial charge in [-0.2, -0.15) is 0 Å². The average molecular weight is 299 g/mol. The molecule has 0 radical (unpaired) electrons. The molecule has 1 aromatic rings. The van der Waals surface area contributed by atoms with Gasteiger partial charge in [0.15, 0.2) is 0 Å². The van der Waals surface area contributed by atoms with Crippen LogP contribution in [0.15, 0.2) is 25.3 Å². The van der Waals surface area contributed by atoms with Gasteiger partial charge in [-0.15, -0.1) is 17.0 Å². The van der Waals surface area contributed by atoms with Crippen molar-refractivity contribution in [1.82, 2.24) is 4.57 Å². The van der Waals surface area contributed by atoms with Crippen LogP contribution in [0.1, 0.15) is 13.1 Å². The molecule has 1 atom stereocenters. The van der Waals surface area contributed by atoms with Crippen LogP contribution in [0.5, 0.6) is 0 Å². The van der Waals surface area contributed by atoms with Crippen LogP contribution in [0.4, 0.5) is 0 Å². The van der Waals surface area contributed by atoms with E-state index in [0.29, 0.717) is 0 Å². The number of nitrogens with two attached hydrogens (primary N) is 1. The highest BCUT2D eigenvalue weighted by atomic mass is 79.9. The molecule has 1 unspecified atom stereocenters. The number of rotatable bonds is 2. The summed E-state index contributed by atoms with van der Waals surface area (Å²) in [5, 5.41) is 0. The molecule has 0 bridgehead atoms. The summed E-state index contributed by atoms with van der Waals surface area (Å²) in [5.74, 6) is 0. The Morgan fingerprint density at radius 3 is 2.50 bits per heavy atom. The summed E-state index contributed by atoms with van der Waals surface area (Å²) < 4.78 is 3.76. The van der Waals surface area contributed by atoms with Crippen molar-refractivity contribution in [3.63, 3.8) is 0 Å². The van der Waals surface area contributed by atoms with Crippen LogP contribution in [-0.2, 0) is 0 Å². The zero-order chi connectivity index (χ0) is 7.56. The normalized spacial score (nSPS) is 10.8. The summed E-state index contributed by atoms with van der Waals surface area (Å²) >= 11 is 0. The molecule has 3 nitrogen and oxygen atoms in total. The third kappa shape index (κ3) is 3.51. The first-order valence-electron chi connectivity index (χ1n) is 3.20. The van der Waals surface area contributed by atoms with Crippen molar-refractivity contribution in [2.75, 3.05) is 0 Å². The number of halogens is 2. The minimum atomic E-state index is 0. The molecule has 0 amide bonds. The largest absolute Gasteiger partial charge is 1.00 e. The number of imidazole rings is 1. The summed E-state index contributed by atoms with van der Waals surface area (Å²) in [7, 11) is 0. The SMILES string of the molecule is Br.C=Cn1cc[n+](C(C)N)c1.[Br-]. The summed E-state index contributed by atoms with van der Waals surface area (Å²) in [6.45, 7) is 5.54. The Kier molecular flexibility index (Phi) is 7.67. The predicted octanol–water partition coefficient (Wildman–Crippen LogP) is -2.06. The van der Waals surface area contributed by atoms with E-state index in [-0.39, 0.29) is 40.1 Å². The first-order valence-corrected chi connectivity index (χ1v) is 3.20. The number of aromatic nitrogens is 2. The van der Waals surface area contributed by atoms with Gasteiger partial charge in [0.2, 0.25) is 6.33 Å². The highest BCUT2D eigenvalue weighted by Crippen LogP contribution is 1.86. The van der Waals surface area contributed by atoms with E-state index in [1.165, 1.54) is 0 Å². The van der Waals surface area contributed by atoms with Crippen LogP contribution >= 0.6 is 17.0 Å². The van der Waals surface area contributed by atoms with E-state index >= 15 is 0 Å². The number of nitrogens with zero attached hydrogens (tertiary/aromatic N) is 2. The van der Waals surface area contributed by atoms with Crippen molar-refractivity contribution in [2.45, 2.75) is 13.1 Å². The van der Waals surface area contributed by atoms with Gasteiger partial charge in [0.1, 0.15) is 18.6 Å². The van der Waals surface area contributed by atoms with E-state index in [4.69, 9.17) is 5.73 Å². The molecule has 70 valence electrons. The van der Waals surface area contributed by atoms with Gasteiger partial charge in [-0.3, -0.25) is 5.73 Å². The minimum absolute atomic E-state index is 0. The van der Waals surface area contributed by atoms with Crippen molar-refractivity contribution >= 4 is 23.2 Å². The number of hydrogen-bond acceptors (Lipinski definition) is 1. The quantitative estimate of drug-likeness (QED) is 0.626. The maximum atomic E-state index is 5.60. The summed E-state index contributed by atoms with van der Waals surface area (Å²) in [4.78, 5) is 0. The molecule has 2 N–H and O–H groups in total. The summed E-state index contributed by atoms with van der Waals surface area (Å²) in [6.07, 6.45) is 7.44. The van der Waals surface area contributed by atoms with E-state index in [0.717, 1.165) is 0 Å². The number of hydrogen-bond donors (Lipinski definition) is 1. The van der Waals surface area contributed by atoms with Crippen molar-refractivity contribution in [2.24, 2.45) is 5.73 Å². The molecule has 1 heterocycles. The molecule has 0 spiro atoms. The second kappa shape index (κ2) is 6.39. The summed E-state index contributed by atoms with van der Waals surface area (Å²) in [5.41, 5.74) is 5.60. The van der Waals surface area contributed by atoms with E-state index in [2.05, 4.69) is 6.58 Å². The first kappa shape index (κ1) is 14.4. The zero-order valence-corrected chi connectivity index (χ0v) is 10.2. The van der Waals surface area contributed by atoms with Gasteiger partial charge < -0.3 is 17.0 Å². The fourth-order valence-corrected chi connectivity index (χ4v) is 0.734. The van der Waals surface area contributed by atoms with Crippen LogP contribution < -0.4 is 27.3 Å². The van der Waals surface area contributed by atoms with Gasteiger partial charge in [0.25, 0.3) is 0 Å². The van der Waals surface area contributed by atoms with E-state index in [1.807, 2.05) is 34.8 Å². The Balaban J connectivity index is 0. The lowest BCUT2D eigenvalue weighted by Crippen LogP contribution is -3.00. The molecule has 0 fully saturated rings. The van der Waals surface area contributed by atoms with Crippen LogP contribution in [0.3, 0.4) is 0 Å². The van der Waals surface area contributed by atoms with E-state index in [1.54, 1.807) is 6.20 Å². The van der Waals surface area contributed by atoms with Crippen LogP contribution in [-0.4, -0.2) is 4.57 Å². The van der Waals surface area contributed by atoms with E-state index < -0.39 is 0 Å². The molecule has 5 heteroatoms. The molecular formula is C7H13Br2N3. The standard InChI is InChI=1S/C7H12N3.2BrH/c1-3-9-4-5-10(6-9)7(2)8;;/h3-7H,1,8H2,2H3;2*1H/q+1;;/p-1. The topological polar surface area (TPSA) is 34.8 Å². The van der Waals surface area contributed by atoms with Gasteiger partial charge in [0, 0.05) is 0 Å². The Labute approximate surface area is 93.4 Å². The highest BCUT2D eigenvalue weighted by molar-refractivity contribution is 8.93. The zero-order valence-electron chi connectivity index (χ0n) is 6.85. The summed E-state index contributed by atoms with van der Waals surface area (Å²) in [6, 6.07) is 0. The van der Waals surface area contributed by atoms with Gasteiger partial charge in [-0.25, -0.2) is 9.13 Å². The predicted molar refractivity (Wildman–Crippen MR) is 50.2 cm³/mol. The maximum absolute atomic E-state index is 5.60. The highest BCUT2D eigenvalue weighted by Gasteiger charge is 2.03. The monoisotopic (exact) mass is 297 g/mol. The Morgan fingerprint density at radius 1 is 1.67 bits per heavy atom. The molecule has 0 aliphatic carbocycles. The molecule has 0 aromatic carbocycles. The second-order valence-electron chi connectivity index (χ2n) is 2.23. The molecule has 0 saturated heterocycles. The molecular weight excluding hydrogens is 286 g/mol. The first-order chi connectivity index (χ1) is 4.74. The molecule has 12 heavy (non-hydrogen) atoms. The van der Waals surface area contributed by atoms with Crippen molar-refractivity contribution < 1.29 is 21.5 Å². The Hall–Kier alpha value is -0.130. The third-order valence-electron chi connectivity index (χ3n) is 1.36. The van der Waals surface area contributed by atoms with E-state index in [9.17, 15) is 0 Å². The minimum Gasteiger partial charge on any atom is -1.00 e. The maximum Gasteiger partial charge on any atom is 0.249 e. The Morgan fingerprint density at radius 2 is 2.25 bits per heavy atom. The smallest absolute Gasteiger partial charge is 0.249 e. The molecule has 0 aliphatic heterocycles. The van der Waals surface area contributed by atoms with Gasteiger partial charge in [0.05, 0.1) is 6.20 Å². The van der Waals surface area contributed by atoms with Gasteiger partial charge in [-0.1, -0.05) is 6.58 Å². The van der Waals surface area contributed by atoms with Crippen molar-refractivity contribution in [3.8, 4) is 0 Å². The second-order valence-corrected chi connectivity index (χ2v) is 2.23. The fraction of sp³-hybridized carbons (Fsp3) is 0.286. The van der Waals surface area contributed by atoms with Crippen molar-refractivity contribution in [3.05, 3.63) is 25.3 Å². The lowest BCUT2D eigenvalue weighted by molar-refractivity contribution is -0.718. The van der Waals surface area contributed by atoms with Gasteiger partial charge in [-0.05, 0) is 6.92 Å². The van der Waals surface area contributed by atoms with Gasteiger partial charge >= 0.3 is 0 Å². The molecule has 1 rings (SSSR count). The average Bonchev–Trinajstić information content (AvgIpc) is 2.34. The van der Waals surface area contributed by atoms with Crippen LogP contribution in [0, 0.1) is 0 Å². The molecule has 0 saturated carbocycles. The van der Waals surface area contributed by atoms with Crippen LogP contribution in [0.25, 0.3) is 6.20 Å². The molecule has 0 aliphatic rings. The van der Waals surface area contributed by atoms with Crippen molar-refractivity contribution in [1.29, 1.82) is 0 Å². The van der Waals surface area contributed by atoms with Crippen LogP contribution in [0.2, 0.25) is 0 Å². The molecule has 1 aromatic heterocycles. The lowest BCUT2D eigenvalue weighted by Gasteiger charge is -1.96.